The van der Waals surface area contributed by atoms with Crippen molar-refractivity contribution < 1.29 is 29.9 Å². The van der Waals surface area contributed by atoms with Crippen molar-refractivity contribution in [3.05, 3.63) is 106 Å². The fraction of sp³-hybridized carbons (Fsp3) is 0.200. The molecule has 6 heteroatoms. The number of benzene rings is 4. The van der Waals surface area contributed by atoms with Crippen molar-refractivity contribution in [2.45, 2.75) is 25.7 Å². The maximum atomic E-state index is 11.0. The molecule has 0 aliphatic carbocycles. The summed E-state index contributed by atoms with van der Waals surface area (Å²) in [5, 5.41) is 40.4. The highest BCUT2D eigenvalue weighted by Gasteiger charge is 2.20. The lowest BCUT2D eigenvalue weighted by atomic mass is 9.87. The molecule has 0 aliphatic rings. The molecular weight excluding hydrogens is 456 g/mol. The molecular formula is C30H30O6. The van der Waals surface area contributed by atoms with Crippen LogP contribution in [0.2, 0.25) is 0 Å². The molecule has 0 saturated carbocycles. The lowest BCUT2D eigenvalue weighted by molar-refractivity contribution is 0.373. The molecule has 4 aromatic carbocycles. The van der Waals surface area contributed by atoms with E-state index in [4.69, 9.17) is 9.47 Å². The first-order valence-electron chi connectivity index (χ1n) is 11.7. The van der Waals surface area contributed by atoms with Gasteiger partial charge in [-0.2, -0.15) is 0 Å². The van der Waals surface area contributed by atoms with Crippen LogP contribution in [0.25, 0.3) is 0 Å². The molecule has 0 unspecified atom stereocenters. The predicted molar refractivity (Wildman–Crippen MR) is 139 cm³/mol. The maximum Gasteiger partial charge on any atom is 0.160 e. The van der Waals surface area contributed by atoms with E-state index in [0.717, 1.165) is 33.4 Å². The summed E-state index contributed by atoms with van der Waals surface area (Å²) in [5.74, 6) is 1.62. The fourth-order valence-electron chi connectivity index (χ4n) is 4.44. The van der Waals surface area contributed by atoms with Crippen LogP contribution in [0, 0.1) is 0 Å². The topological polar surface area (TPSA) is 99.4 Å². The van der Waals surface area contributed by atoms with Crippen molar-refractivity contribution in [2.24, 2.45) is 0 Å². The van der Waals surface area contributed by atoms with Crippen LogP contribution in [-0.2, 0) is 25.7 Å². The molecule has 0 aliphatic heterocycles. The molecule has 0 fully saturated rings. The van der Waals surface area contributed by atoms with Crippen molar-refractivity contribution in [3.63, 3.8) is 0 Å². The van der Waals surface area contributed by atoms with Crippen LogP contribution in [-0.4, -0.2) is 34.6 Å². The highest BCUT2D eigenvalue weighted by Crippen LogP contribution is 2.37. The van der Waals surface area contributed by atoms with Gasteiger partial charge in [0.1, 0.15) is 23.0 Å². The molecule has 0 atom stereocenters. The van der Waals surface area contributed by atoms with Crippen LogP contribution in [0.4, 0.5) is 0 Å². The molecule has 186 valence electrons. The van der Waals surface area contributed by atoms with Crippen LogP contribution in [0.1, 0.15) is 33.4 Å². The van der Waals surface area contributed by atoms with Gasteiger partial charge in [0, 0.05) is 30.0 Å². The van der Waals surface area contributed by atoms with Gasteiger partial charge >= 0.3 is 0 Å². The largest absolute Gasteiger partial charge is 0.508 e. The van der Waals surface area contributed by atoms with Crippen molar-refractivity contribution in [1.29, 1.82) is 0 Å². The third-order valence-electron chi connectivity index (χ3n) is 6.37. The van der Waals surface area contributed by atoms with E-state index in [1.54, 1.807) is 43.5 Å². The minimum atomic E-state index is 0.0845. The average molecular weight is 487 g/mol. The lowest BCUT2D eigenvalue weighted by Gasteiger charge is -2.21. The van der Waals surface area contributed by atoms with Crippen LogP contribution in [0.3, 0.4) is 0 Å². The standard InChI is InChI=1S/C30H30O6/c1-35-29-18-28(34)25(15-19-3-9-22(31)10-4-19)24(26(29)16-20-5-11-23(32)12-6-20)13-7-21-8-14-27(33)30(17-21)36-2/h3-6,8-12,14,17-18,31-34H,7,13,15-16H2,1-2H3. The number of methoxy groups -OCH3 is 2. The second kappa shape index (κ2) is 11.0. The first kappa shape index (κ1) is 24.8. The van der Waals surface area contributed by atoms with E-state index in [0.29, 0.717) is 37.2 Å². The zero-order valence-electron chi connectivity index (χ0n) is 20.4. The number of aromatic hydroxyl groups is 4. The van der Waals surface area contributed by atoms with E-state index in [1.165, 1.54) is 7.11 Å². The fourth-order valence-corrected chi connectivity index (χ4v) is 4.44. The Morgan fingerprint density at radius 1 is 0.500 bits per heavy atom. The lowest BCUT2D eigenvalue weighted by Crippen LogP contribution is -2.07. The van der Waals surface area contributed by atoms with Gasteiger partial charge in [-0.1, -0.05) is 30.3 Å². The van der Waals surface area contributed by atoms with E-state index in [9.17, 15) is 20.4 Å². The van der Waals surface area contributed by atoms with Crippen LogP contribution in [0.15, 0.2) is 72.8 Å². The van der Waals surface area contributed by atoms with E-state index in [-0.39, 0.29) is 23.0 Å². The Labute approximate surface area is 210 Å². The second-order valence-corrected chi connectivity index (χ2v) is 8.73. The number of hydrogen-bond acceptors (Lipinski definition) is 6. The van der Waals surface area contributed by atoms with E-state index in [1.807, 2.05) is 36.4 Å². The summed E-state index contributed by atoms with van der Waals surface area (Å²) in [6.45, 7) is 0. The van der Waals surface area contributed by atoms with Crippen molar-refractivity contribution >= 4 is 0 Å². The predicted octanol–water partition coefficient (Wildman–Crippen LogP) is 5.49. The van der Waals surface area contributed by atoms with Crippen LogP contribution < -0.4 is 9.47 Å². The third-order valence-corrected chi connectivity index (χ3v) is 6.37. The highest BCUT2D eigenvalue weighted by atomic mass is 16.5. The summed E-state index contributed by atoms with van der Waals surface area (Å²) in [6, 6.07) is 20.9. The Morgan fingerprint density at radius 3 is 1.58 bits per heavy atom. The van der Waals surface area contributed by atoms with Gasteiger partial charge in [-0.05, 0) is 71.5 Å². The van der Waals surface area contributed by atoms with Crippen molar-refractivity contribution in [3.8, 4) is 34.5 Å². The van der Waals surface area contributed by atoms with Crippen molar-refractivity contribution in [1.82, 2.24) is 0 Å². The number of hydrogen-bond donors (Lipinski definition) is 4. The van der Waals surface area contributed by atoms with Gasteiger partial charge in [0.2, 0.25) is 0 Å². The molecule has 0 heterocycles. The molecule has 0 aromatic heterocycles. The molecule has 0 radical (unpaired) electrons. The van der Waals surface area contributed by atoms with E-state index < -0.39 is 0 Å². The number of rotatable bonds is 9. The molecule has 0 saturated heterocycles. The van der Waals surface area contributed by atoms with Gasteiger partial charge in [0.05, 0.1) is 14.2 Å². The summed E-state index contributed by atoms with van der Waals surface area (Å²) < 4.78 is 11.0. The summed E-state index contributed by atoms with van der Waals surface area (Å²) in [6.07, 6.45) is 2.29. The SMILES string of the molecule is COc1cc(CCc2c(Cc3ccc(O)cc3)c(O)cc(OC)c2Cc2ccc(O)cc2)ccc1O. The molecule has 0 spiro atoms. The van der Waals surface area contributed by atoms with E-state index >= 15 is 0 Å². The number of aryl methyl sites for hydroxylation is 1. The third kappa shape index (κ3) is 5.66. The molecule has 4 N–H and O–H groups in total. The molecule has 36 heavy (non-hydrogen) atoms. The van der Waals surface area contributed by atoms with E-state index in [2.05, 4.69) is 0 Å². The van der Waals surface area contributed by atoms with Crippen molar-refractivity contribution in [2.75, 3.05) is 14.2 Å². The van der Waals surface area contributed by atoms with Gasteiger partial charge in [-0.3, -0.25) is 0 Å². The first-order chi connectivity index (χ1) is 17.4. The minimum absolute atomic E-state index is 0.0845. The summed E-state index contributed by atoms with van der Waals surface area (Å²) in [4.78, 5) is 0. The highest BCUT2D eigenvalue weighted by molar-refractivity contribution is 5.56. The number of ether oxygens (including phenoxy) is 2. The molecule has 0 bridgehead atoms. The Hall–Kier alpha value is -4.32. The summed E-state index contributed by atoms with van der Waals surface area (Å²) in [7, 11) is 3.10. The molecule has 0 amide bonds. The van der Waals surface area contributed by atoms with Gasteiger partial charge < -0.3 is 29.9 Å². The zero-order valence-corrected chi connectivity index (χ0v) is 20.4. The Balaban J connectivity index is 1.78. The Morgan fingerprint density at radius 2 is 1.03 bits per heavy atom. The number of phenolic OH excluding ortho intramolecular Hbond substituents is 4. The maximum absolute atomic E-state index is 11.0. The van der Waals surface area contributed by atoms with Gasteiger partial charge in [-0.15, -0.1) is 0 Å². The Bertz CT molecular complexity index is 1330. The summed E-state index contributed by atoms with van der Waals surface area (Å²) in [5.41, 5.74) is 5.66. The molecule has 4 rings (SSSR count). The first-order valence-corrected chi connectivity index (χ1v) is 11.7. The normalized spacial score (nSPS) is 10.8. The smallest absolute Gasteiger partial charge is 0.160 e. The average Bonchev–Trinajstić information content (AvgIpc) is 2.88. The molecule has 4 aromatic rings. The monoisotopic (exact) mass is 486 g/mol. The van der Waals surface area contributed by atoms with Gasteiger partial charge in [0.25, 0.3) is 0 Å². The quantitative estimate of drug-likeness (QED) is 0.250. The molecule has 6 nitrogen and oxygen atoms in total. The Kier molecular flexibility index (Phi) is 7.54. The summed E-state index contributed by atoms with van der Waals surface area (Å²) >= 11 is 0. The number of phenols is 4. The zero-order chi connectivity index (χ0) is 25.7. The van der Waals surface area contributed by atoms with Crippen LogP contribution >= 0.6 is 0 Å². The van der Waals surface area contributed by atoms with Gasteiger partial charge in [0.15, 0.2) is 11.5 Å². The van der Waals surface area contributed by atoms with Crippen LogP contribution in [0.5, 0.6) is 34.5 Å². The van der Waals surface area contributed by atoms with Gasteiger partial charge in [-0.25, -0.2) is 0 Å². The second-order valence-electron chi connectivity index (χ2n) is 8.73. The minimum Gasteiger partial charge on any atom is -0.508 e.